The van der Waals surface area contributed by atoms with Gasteiger partial charge in [0.2, 0.25) is 0 Å². The molecule has 1 aliphatic heterocycles. The molecule has 1 aliphatic rings. The van der Waals surface area contributed by atoms with Crippen LogP contribution >= 0.6 is 0 Å². The summed E-state index contributed by atoms with van der Waals surface area (Å²) in [6.45, 7) is 14.4. The second-order valence-corrected chi connectivity index (χ2v) is 7.88. The maximum atomic E-state index is 9.56. The molecule has 5 heteroatoms. The van der Waals surface area contributed by atoms with Gasteiger partial charge in [-0.05, 0) is 49.8 Å². The van der Waals surface area contributed by atoms with Crippen LogP contribution in [0.5, 0.6) is 5.75 Å². The van der Waals surface area contributed by atoms with E-state index in [1.165, 1.54) is 6.20 Å². The molecule has 136 valence electrons. The second kappa shape index (κ2) is 6.47. The lowest BCUT2D eigenvalue weighted by Crippen LogP contribution is -2.36. The quantitative estimate of drug-likeness (QED) is 0.852. The van der Waals surface area contributed by atoms with Crippen molar-refractivity contribution in [2.45, 2.75) is 45.6 Å². The number of hydrogen-bond donors (Lipinski definition) is 1. The van der Waals surface area contributed by atoms with Crippen LogP contribution in [0, 0.1) is 5.92 Å². The molecule has 0 radical (unpaired) electrons. The van der Waals surface area contributed by atoms with Crippen molar-refractivity contribution in [2.24, 2.45) is 5.92 Å². The standard InChI is InChI=1S/C21H26BNO3/c1-14(2)21(6,19-12-11-18(24)13-23-19)16-7-9-17(10-8-16)22-25-15(3)20(4,5)26-22/h7-14,24H,3H2,1-2,4-6H3. The minimum absolute atomic E-state index is 0.175. The fourth-order valence-corrected chi connectivity index (χ4v) is 3.22. The number of rotatable bonds is 4. The minimum Gasteiger partial charge on any atom is -0.534 e. The van der Waals surface area contributed by atoms with Crippen LogP contribution in [0.4, 0.5) is 0 Å². The molecule has 4 nitrogen and oxygen atoms in total. The molecule has 1 fully saturated rings. The lowest BCUT2D eigenvalue weighted by Gasteiger charge is -2.34. The maximum Gasteiger partial charge on any atom is 0.563 e. The summed E-state index contributed by atoms with van der Waals surface area (Å²) in [5.74, 6) is 1.14. The highest BCUT2D eigenvalue weighted by molar-refractivity contribution is 6.62. The Morgan fingerprint density at radius 2 is 1.81 bits per heavy atom. The van der Waals surface area contributed by atoms with E-state index in [4.69, 9.17) is 9.31 Å². The molecule has 1 unspecified atom stereocenters. The highest BCUT2D eigenvalue weighted by atomic mass is 16.7. The molecule has 3 rings (SSSR count). The van der Waals surface area contributed by atoms with E-state index in [-0.39, 0.29) is 11.2 Å². The van der Waals surface area contributed by atoms with Crippen LogP contribution in [0.15, 0.2) is 54.9 Å². The topological polar surface area (TPSA) is 51.6 Å². The minimum atomic E-state index is -0.480. The first-order chi connectivity index (χ1) is 12.1. The molecule has 0 bridgehead atoms. The summed E-state index contributed by atoms with van der Waals surface area (Å²) in [5, 5.41) is 9.56. The molecule has 0 amide bonds. The van der Waals surface area contributed by atoms with Crippen LogP contribution in [0.25, 0.3) is 0 Å². The lowest BCUT2D eigenvalue weighted by atomic mass is 9.69. The van der Waals surface area contributed by atoms with Gasteiger partial charge in [-0.3, -0.25) is 4.98 Å². The third-order valence-electron chi connectivity index (χ3n) is 5.54. The molecule has 2 aromatic rings. The van der Waals surface area contributed by atoms with E-state index in [0.29, 0.717) is 11.7 Å². The first kappa shape index (κ1) is 18.5. The van der Waals surface area contributed by atoms with Crippen molar-refractivity contribution in [1.82, 2.24) is 4.98 Å². The molecule has 1 N–H and O–H groups in total. The number of hydrogen-bond acceptors (Lipinski definition) is 4. The Hall–Kier alpha value is -2.27. The number of pyridine rings is 1. The number of aromatic hydroxyl groups is 1. The van der Waals surface area contributed by atoms with Crippen LogP contribution < -0.4 is 5.46 Å². The predicted molar refractivity (Wildman–Crippen MR) is 104 cm³/mol. The van der Waals surface area contributed by atoms with E-state index < -0.39 is 12.7 Å². The maximum absolute atomic E-state index is 9.56. The zero-order chi connectivity index (χ0) is 19.1. The van der Waals surface area contributed by atoms with Gasteiger partial charge in [0.1, 0.15) is 11.4 Å². The van der Waals surface area contributed by atoms with E-state index in [9.17, 15) is 5.11 Å². The van der Waals surface area contributed by atoms with Gasteiger partial charge < -0.3 is 14.4 Å². The largest absolute Gasteiger partial charge is 0.563 e. The molecule has 1 atom stereocenters. The third-order valence-corrected chi connectivity index (χ3v) is 5.54. The molecule has 1 aromatic heterocycles. The molecule has 1 aromatic carbocycles. The van der Waals surface area contributed by atoms with Crippen LogP contribution in [0.2, 0.25) is 0 Å². The van der Waals surface area contributed by atoms with Gasteiger partial charge in [-0.2, -0.15) is 0 Å². The summed E-state index contributed by atoms with van der Waals surface area (Å²) in [6, 6.07) is 11.9. The predicted octanol–water partition coefficient (Wildman–Crippen LogP) is 3.78. The average molecular weight is 351 g/mol. The van der Waals surface area contributed by atoms with Gasteiger partial charge in [0.25, 0.3) is 0 Å². The first-order valence-electron chi connectivity index (χ1n) is 8.94. The van der Waals surface area contributed by atoms with Gasteiger partial charge in [0.15, 0.2) is 0 Å². The van der Waals surface area contributed by atoms with Gasteiger partial charge in [-0.15, -0.1) is 0 Å². The van der Waals surface area contributed by atoms with Gasteiger partial charge >= 0.3 is 7.12 Å². The van der Waals surface area contributed by atoms with Crippen LogP contribution in [0.1, 0.15) is 45.9 Å². The lowest BCUT2D eigenvalue weighted by molar-refractivity contribution is 0.173. The van der Waals surface area contributed by atoms with E-state index in [1.807, 2.05) is 32.0 Å². The summed E-state index contributed by atoms with van der Waals surface area (Å²) in [7, 11) is -0.427. The zero-order valence-electron chi connectivity index (χ0n) is 16.1. The highest BCUT2D eigenvalue weighted by Gasteiger charge is 2.43. The van der Waals surface area contributed by atoms with Gasteiger partial charge in [0.05, 0.1) is 17.6 Å². The molecule has 0 aliphatic carbocycles. The van der Waals surface area contributed by atoms with E-state index in [1.54, 1.807) is 6.07 Å². The summed E-state index contributed by atoms with van der Waals surface area (Å²) >= 11 is 0. The zero-order valence-corrected chi connectivity index (χ0v) is 16.1. The van der Waals surface area contributed by atoms with E-state index in [2.05, 4.69) is 44.5 Å². The average Bonchev–Trinajstić information content (AvgIpc) is 2.88. The molecular formula is C21H26BNO3. The Labute approximate surface area is 156 Å². The summed E-state index contributed by atoms with van der Waals surface area (Å²) < 4.78 is 11.7. The number of benzene rings is 1. The van der Waals surface area contributed by atoms with Crippen molar-refractivity contribution in [3.05, 3.63) is 66.2 Å². The van der Waals surface area contributed by atoms with Gasteiger partial charge in [-0.1, -0.05) is 44.7 Å². The van der Waals surface area contributed by atoms with Crippen LogP contribution in [-0.2, 0) is 14.7 Å². The molecule has 0 saturated carbocycles. The fourth-order valence-electron chi connectivity index (χ4n) is 3.22. The fraction of sp³-hybridized carbons (Fsp3) is 0.381. The monoisotopic (exact) mass is 351 g/mol. The molecule has 2 heterocycles. The van der Waals surface area contributed by atoms with Crippen LogP contribution in [-0.4, -0.2) is 22.8 Å². The van der Waals surface area contributed by atoms with Crippen molar-refractivity contribution < 1.29 is 14.4 Å². The Morgan fingerprint density at radius 3 is 2.27 bits per heavy atom. The Bertz CT molecular complexity index is 799. The first-order valence-corrected chi connectivity index (χ1v) is 8.94. The van der Waals surface area contributed by atoms with Crippen molar-refractivity contribution in [3.8, 4) is 5.75 Å². The van der Waals surface area contributed by atoms with Crippen molar-refractivity contribution in [3.63, 3.8) is 0 Å². The molecular weight excluding hydrogens is 325 g/mol. The van der Waals surface area contributed by atoms with Crippen molar-refractivity contribution in [1.29, 1.82) is 0 Å². The van der Waals surface area contributed by atoms with E-state index >= 15 is 0 Å². The number of nitrogens with zero attached hydrogens (tertiary/aromatic N) is 1. The molecule has 1 saturated heterocycles. The van der Waals surface area contributed by atoms with Gasteiger partial charge in [-0.25, -0.2) is 0 Å². The highest BCUT2D eigenvalue weighted by Crippen LogP contribution is 2.38. The molecule has 0 spiro atoms. The second-order valence-electron chi connectivity index (χ2n) is 7.88. The normalized spacial score (nSPS) is 18.7. The van der Waals surface area contributed by atoms with Crippen LogP contribution in [0.3, 0.4) is 0 Å². The number of aromatic nitrogens is 1. The third kappa shape index (κ3) is 3.12. The van der Waals surface area contributed by atoms with E-state index in [0.717, 1.165) is 16.7 Å². The Balaban J connectivity index is 1.93. The smallest absolute Gasteiger partial charge is 0.534 e. The van der Waals surface area contributed by atoms with Gasteiger partial charge in [0, 0.05) is 5.41 Å². The SMILES string of the molecule is C=C1OB(c2ccc(C(C)(c3ccc(O)cn3)C(C)C)cc2)OC1(C)C. The van der Waals surface area contributed by atoms with Crippen molar-refractivity contribution >= 4 is 12.6 Å². The Morgan fingerprint density at radius 1 is 1.15 bits per heavy atom. The summed E-state index contributed by atoms with van der Waals surface area (Å²) in [5.41, 5.74) is 2.30. The Kier molecular flexibility index (Phi) is 4.61. The summed E-state index contributed by atoms with van der Waals surface area (Å²) in [4.78, 5) is 4.47. The molecule has 26 heavy (non-hydrogen) atoms. The van der Waals surface area contributed by atoms with Crippen molar-refractivity contribution in [2.75, 3.05) is 0 Å². The summed E-state index contributed by atoms with van der Waals surface area (Å²) in [6.07, 6.45) is 1.50.